The van der Waals surface area contributed by atoms with E-state index in [1.807, 2.05) is 0 Å². The van der Waals surface area contributed by atoms with Gasteiger partial charge in [0.15, 0.2) is 0 Å². The lowest BCUT2D eigenvalue weighted by atomic mass is 10.1. The molecule has 0 aliphatic heterocycles. The molecule has 146 valence electrons. The van der Waals surface area contributed by atoms with E-state index in [9.17, 15) is 28.3 Å². The van der Waals surface area contributed by atoms with Gasteiger partial charge in [-0.25, -0.2) is 8.78 Å². The Morgan fingerprint density at radius 2 is 1.71 bits per heavy atom. The van der Waals surface area contributed by atoms with E-state index in [-0.39, 0.29) is 11.3 Å². The number of hydrogen-bond donors (Lipinski definition) is 3. The number of amides is 2. The number of hydrogen-bond acceptors (Lipinski definition) is 3. The summed E-state index contributed by atoms with van der Waals surface area (Å²) in [6.07, 6.45) is 0. The van der Waals surface area contributed by atoms with E-state index >= 15 is 0 Å². The minimum Gasteiger partial charge on any atom is -0.481 e. The number of rotatable bonds is 5. The van der Waals surface area contributed by atoms with E-state index in [0.29, 0.717) is 11.8 Å². The maximum atomic E-state index is 13.7. The second-order valence-corrected chi connectivity index (χ2v) is 7.26. The summed E-state index contributed by atoms with van der Waals surface area (Å²) in [7, 11) is 0. The predicted octanol–water partition coefficient (Wildman–Crippen LogP) is 3.51. The van der Waals surface area contributed by atoms with Gasteiger partial charge < -0.3 is 15.7 Å². The number of carboxylic acid groups (broad SMARTS) is 1. The minimum atomic E-state index is -1.03. The number of aliphatic carboxylic acids is 1. The van der Waals surface area contributed by atoms with Gasteiger partial charge >= 0.3 is 5.97 Å². The second kappa shape index (κ2) is 7.03. The normalized spacial score (nSPS) is 19.6. The molecule has 1 aliphatic rings. The van der Waals surface area contributed by atoms with Gasteiger partial charge in [-0.2, -0.15) is 0 Å². The molecule has 0 heterocycles. The zero-order valence-corrected chi connectivity index (χ0v) is 15.1. The van der Waals surface area contributed by atoms with Gasteiger partial charge in [0.2, 0.25) is 5.91 Å². The molecule has 2 aromatic carbocycles. The Balaban J connectivity index is 1.71. The average molecular weight is 388 g/mol. The summed E-state index contributed by atoms with van der Waals surface area (Å²) in [5.74, 6) is -5.22. The van der Waals surface area contributed by atoms with Crippen LogP contribution in [0.5, 0.6) is 0 Å². The average Bonchev–Trinajstić information content (AvgIpc) is 3.20. The van der Waals surface area contributed by atoms with E-state index < -0.39 is 46.7 Å². The van der Waals surface area contributed by atoms with Gasteiger partial charge in [0.05, 0.1) is 17.5 Å². The number of carbonyl (C=O) groups is 3. The zero-order chi connectivity index (χ0) is 20.6. The SMILES string of the molecule is CC1(C)C(C(=O)O)C1C(=O)Nc1cccc(C(=O)Nc2ccc(F)cc2F)c1. The van der Waals surface area contributed by atoms with Crippen molar-refractivity contribution in [1.29, 1.82) is 0 Å². The van der Waals surface area contributed by atoms with Gasteiger partial charge in [0.1, 0.15) is 11.6 Å². The van der Waals surface area contributed by atoms with Crippen LogP contribution in [-0.2, 0) is 9.59 Å². The molecular weight excluding hydrogens is 370 g/mol. The van der Waals surface area contributed by atoms with E-state index in [2.05, 4.69) is 10.6 Å². The Bertz CT molecular complexity index is 974. The van der Waals surface area contributed by atoms with Crippen molar-refractivity contribution in [1.82, 2.24) is 0 Å². The quantitative estimate of drug-likeness (QED) is 0.730. The third kappa shape index (κ3) is 3.71. The number of carbonyl (C=O) groups excluding carboxylic acids is 2. The summed E-state index contributed by atoms with van der Waals surface area (Å²) in [4.78, 5) is 35.9. The van der Waals surface area contributed by atoms with Crippen LogP contribution in [0.25, 0.3) is 0 Å². The first kappa shape index (κ1) is 19.5. The van der Waals surface area contributed by atoms with Crippen molar-refractivity contribution in [2.75, 3.05) is 10.6 Å². The first-order chi connectivity index (χ1) is 13.1. The molecule has 3 rings (SSSR count). The van der Waals surface area contributed by atoms with Crippen LogP contribution in [-0.4, -0.2) is 22.9 Å². The highest BCUT2D eigenvalue weighted by molar-refractivity contribution is 6.06. The van der Waals surface area contributed by atoms with Crippen molar-refractivity contribution in [2.24, 2.45) is 17.3 Å². The molecule has 1 fully saturated rings. The highest BCUT2D eigenvalue weighted by Gasteiger charge is 2.65. The standard InChI is InChI=1S/C20H18F2N2O4/c1-20(2)15(16(20)19(27)28)18(26)23-12-5-3-4-10(8-12)17(25)24-14-7-6-11(21)9-13(14)22/h3-9,15-16H,1-2H3,(H,23,26)(H,24,25)(H,27,28). The van der Waals surface area contributed by atoms with Gasteiger partial charge in [-0.15, -0.1) is 0 Å². The molecule has 2 aromatic rings. The highest BCUT2D eigenvalue weighted by atomic mass is 19.1. The Kier molecular flexibility index (Phi) is 4.89. The summed E-state index contributed by atoms with van der Waals surface area (Å²) in [6, 6.07) is 8.72. The second-order valence-electron chi connectivity index (χ2n) is 7.26. The van der Waals surface area contributed by atoms with E-state index in [4.69, 9.17) is 0 Å². The molecule has 28 heavy (non-hydrogen) atoms. The molecule has 2 amide bonds. The molecule has 2 atom stereocenters. The van der Waals surface area contributed by atoms with Crippen molar-refractivity contribution < 1.29 is 28.3 Å². The number of halogens is 2. The molecule has 2 unspecified atom stereocenters. The third-order valence-electron chi connectivity index (χ3n) is 4.95. The fourth-order valence-electron chi connectivity index (χ4n) is 3.33. The van der Waals surface area contributed by atoms with Gasteiger partial charge in [0.25, 0.3) is 5.91 Å². The van der Waals surface area contributed by atoms with Crippen LogP contribution in [0.4, 0.5) is 20.2 Å². The predicted molar refractivity (Wildman–Crippen MR) is 97.8 cm³/mol. The van der Waals surface area contributed by atoms with Crippen LogP contribution in [0.3, 0.4) is 0 Å². The monoisotopic (exact) mass is 388 g/mol. The maximum absolute atomic E-state index is 13.7. The molecule has 1 saturated carbocycles. The fraction of sp³-hybridized carbons (Fsp3) is 0.250. The van der Waals surface area contributed by atoms with Crippen LogP contribution in [0, 0.1) is 28.9 Å². The number of benzene rings is 2. The first-order valence-electron chi connectivity index (χ1n) is 8.51. The Morgan fingerprint density at radius 3 is 2.32 bits per heavy atom. The molecule has 1 aliphatic carbocycles. The molecule has 0 bridgehead atoms. The van der Waals surface area contributed by atoms with Crippen LogP contribution >= 0.6 is 0 Å². The Hall–Kier alpha value is -3.29. The summed E-state index contributed by atoms with van der Waals surface area (Å²) < 4.78 is 26.6. The molecule has 6 nitrogen and oxygen atoms in total. The Labute approximate surface area is 159 Å². The van der Waals surface area contributed by atoms with Crippen LogP contribution in [0.1, 0.15) is 24.2 Å². The fourth-order valence-corrected chi connectivity index (χ4v) is 3.33. The van der Waals surface area contributed by atoms with Crippen LogP contribution < -0.4 is 10.6 Å². The van der Waals surface area contributed by atoms with Crippen molar-refractivity contribution >= 4 is 29.2 Å². The molecule has 0 radical (unpaired) electrons. The third-order valence-corrected chi connectivity index (χ3v) is 4.95. The van der Waals surface area contributed by atoms with Gasteiger partial charge in [-0.05, 0) is 35.7 Å². The Morgan fingerprint density at radius 1 is 1.00 bits per heavy atom. The van der Waals surface area contributed by atoms with Crippen molar-refractivity contribution in [3.8, 4) is 0 Å². The zero-order valence-electron chi connectivity index (χ0n) is 15.1. The lowest BCUT2D eigenvalue weighted by Crippen LogP contribution is -2.18. The maximum Gasteiger partial charge on any atom is 0.307 e. The van der Waals surface area contributed by atoms with Crippen molar-refractivity contribution in [2.45, 2.75) is 13.8 Å². The summed E-state index contributed by atoms with van der Waals surface area (Å²) in [5, 5.41) is 14.1. The summed E-state index contributed by atoms with van der Waals surface area (Å²) in [6.45, 7) is 3.41. The smallest absolute Gasteiger partial charge is 0.307 e. The van der Waals surface area contributed by atoms with Gasteiger partial charge in [-0.3, -0.25) is 14.4 Å². The van der Waals surface area contributed by atoms with E-state index in [0.717, 1.165) is 12.1 Å². The summed E-state index contributed by atoms with van der Waals surface area (Å²) in [5.41, 5.74) is -0.370. The number of nitrogens with one attached hydrogen (secondary N) is 2. The van der Waals surface area contributed by atoms with Gasteiger partial charge in [0, 0.05) is 17.3 Å². The van der Waals surface area contributed by atoms with Crippen LogP contribution in [0.2, 0.25) is 0 Å². The topological polar surface area (TPSA) is 95.5 Å². The molecule has 0 aromatic heterocycles. The number of anilines is 2. The van der Waals surface area contributed by atoms with E-state index in [1.165, 1.54) is 18.2 Å². The van der Waals surface area contributed by atoms with Crippen molar-refractivity contribution in [3.63, 3.8) is 0 Å². The number of carboxylic acids is 1. The molecule has 0 spiro atoms. The highest BCUT2D eigenvalue weighted by Crippen LogP contribution is 2.58. The molecular formula is C20H18F2N2O4. The molecule has 8 heteroatoms. The van der Waals surface area contributed by atoms with Crippen LogP contribution in [0.15, 0.2) is 42.5 Å². The molecule has 0 saturated heterocycles. The van der Waals surface area contributed by atoms with E-state index in [1.54, 1.807) is 19.9 Å². The lowest BCUT2D eigenvalue weighted by molar-refractivity contribution is -0.140. The first-order valence-corrected chi connectivity index (χ1v) is 8.51. The van der Waals surface area contributed by atoms with Gasteiger partial charge in [-0.1, -0.05) is 19.9 Å². The lowest BCUT2D eigenvalue weighted by Gasteiger charge is -2.09. The largest absolute Gasteiger partial charge is 0.481 e. The molecule has 3 N–H and O–H groups in total. The summed E-state index contributed by atoms with van der Waals surface area (Å²) >= 11 is 0. The van der Waals surface area contributed by atoms with Crippen molar-refractivity contribution in [3.05, 3.63) is 59.7 Å². The minimum absolute atomic E-state index is 0.145.